The molecule has 1 atom stereocenters. The lowest BCUT2D eigenvalue weighted by atomic mass is 10.0. The van der Waals surface area contributed by atoms with Crippen LogP contribution in [0.15, 0.2) is 36.9 Å². The van der Waals surface area contributed by atoms with Gasteiger partial charge in [0.1, 0.15) is 12.4 Å². The Morgan fingerprint density at radius 1 is 1.20 bits per heavy atom. The van der Waals surface area contributed by atoms with E-state index in [0.29, 0.717) is 24.5 Å². The Bertz CT molecular complexity index is 363. The maximum absolute atomic E-state index is 5.46. The normalized spacial score (nSPS) is 11.8. The van der Waals surface area contributed by atoms with Gasteiger partial charge in [0, 0.05) is 6.04 Å². The molecular formula is C18H31NO. The zero-order valence-electron chi connectivity index (χ0n) is 13.7. The minimum atomic E-state index is 0.352. The molecule has 0 unspecified atom stereocenters. The first-order valence-corrected chi connectivity index (χ1v) is 7.45. The monoisotopic (exact) mass is 277 g/mol. The van der Waals surface area contributed by atoms with Gasteiger partial charge in [-0.2, -0.15) is 0 Å². The number of rotatable bonds is 6. The zero-order valence-corrected chi connectivity index (χ0v) is 13.7. The third-order valence-electron chi connectivity index (χ3n) is 2.96. The molecule has 0 aliphatic heterocycles. The average Bonchev–Trinajstić information content (AvgIpc) is 2.36. The van der Waals surface area contributed by atoms with Crippen LogP contribution in [0.1, 0.15) is 40.2 Å². The highest BCUT2D eigenvalue weighted by molar-refractivity contribution is 5.28. The van der Waals surface area contributed by atoms with Crippen LogP contribution >= 0.6 is 0 Å². The van der Waals surface area contributed by atoms with Crippen molar-refractivity contribution in [3.8, 4) is 5.75 Å². The van der Waals surface area contributed by atoms with Crippen molar-refractivity contribution in [3.05, 3.63) is 42.5 Å². The van der Waals surface area contributed by atoms with E-state index < -0.39 is 0 Å². The fraction of sp³-hybridized carbons (Fsp3) is 0.556. The summed E-state index contributed by atoms with van der Waals surface area (Å²) in [4.78, 5) is 0. The van der Waals surface area contributed by atoms with Crippen LogP contribution < -0.4 is 10.5 Å². The fourth-order valence-corrected chi connectivity index (χ4v) is 1.39. The standard InChI is InChI=1S/C13H18O.C5H13N/c1-4-8-14-13-7-5-6-12(10-13)9-11(2)3;1-4(2)5(3)6/h4-7,10-11H,1,8-9H2,2-3H3;4-5H,6H2,1-3H3/t;5-/m.0/s1. The third kappa shape index (κ3) is 9.62. The number of nitrogens with two attached hydrogens (primary N) is 1. The van der Waals surface area contributed by atoms with Crippen LogP contribution in [0, 0.1) is 11.8 Å². The maximum Gasteiger partial charge on any atom is 0.120 e. The van der Waals surface area contributed by atoms with Crippen molar-refractivity contribution in [2.75, 3.05) is 6.61 Å². The Morgan fingerprint density at radius 2 is 1.80 bits per heavy atom. The summed E-state index contributed by atoms with van der Waals surface area (Å²) in [6, 6.07) is 8.61. The van der Waals surface area contributed by atoms with E-state index in [-0.39, 0.29) is 0 Å². The molecule has 0 aliphatic carbocycles. The second kappa shape index (κ2) is 10.5. The van der Waals surface area contributed by atoms with Crippen molar-refractivity contribution in [1.82, 2.24) is 0 Å². The molecule has 1 aromatic rings. The smallest absolute Gasteiger partial charge is 0.120 e. The van der Waals surface area contributed by atoms with Gasteiger partial charge in [-0.3, -0.25) is 0 Å². The van der Waals surface area contributed by atoms with Crippen molar-refractivity contribution in [2.24, 2.45) is 17.6 Å². The summed E-state index contributed by atoms with van der Waals surface area (Å²) in [6.07, 6.45) is 2.86. The third-order valence-corrected chi connectivity index (χ3v) is 2.96. The van der Waals surface area contributed by atoms with Crippen molar-refractivity contribution in [1.29, 1.82) is 0 Å². The number of ether oxygens (including phenoxy) is 1. The second-order valence-corrected chi connectivity index (χ2v) is 5.95. The molecule has 20 heavy (non-hydrogen) atoms. The number of benzene rings is 1. The first kappa shape index (κ1) is 18.7. The summed E-state index contributed by atoms with van der Waals surface area (Å²) in [5.74, 6) is 2.25. The SMILES string of the molecule is C=CCOc1cccc(CC(C)C)c1.CC(C)[C@H](C)N. The van der Waals surface area contributed by atoms with Crippen LogP contribution in [0.2, 0.25) is 0 Å². The van der Waals surface area contributed by atoms with Crippen LogP contribution in [0.25, 0.3) is 0 Å². The lowest BCUT2D eigenvalue weighted by Crippen LogP contribution is -2.21. The minimum Gasteiger partial charge on any atom is -0.490 e. The van der Waals surface area contributed by atoms with E-state index in [1.54, 1.807) is 6.08 Å². The molecule has 114 valence electrons. The van der Waals surface area contributed by atoms with Gasteiger partial charge in [0.15, 0.2) is 0 Å². The molecule has 0 spiro atoms. The van der Waals surface area contributed by atoms with E-state index >= 15 is 0 Å². The predicted octanol–water partition coefficient (Wildman–Crippen LogP) is 4.44. The van der Waals surface area contributed by atoms with E-state index in [2.05, 4.69) is 46.4 Å². The molecule has 2 heteroatoms. The summed E-state index contributed by atoms with van der Waals surface area (Å²) in [6.45, 7) is 14.9. The molecule has 1 rings (SSSR count). The van der Waals surface area contributed by atoms with Crippen molar-refractivity contribution < 1.29 is 4.74 Å². The van der Waals surface area contributed by atoms with E-state index in [9.17, 15) is 0 Å². The Morgan fingerprint density at radius 3 is 2.25 bits per heavy atom. The molecular weight excluding hydrogens is 246 g/mol. The quantitative estimate of drug-likeness (QED) is 0.780. The molecule has 0 bridgehead atoms. The highest BCUT2D eigenvalue weighted by atomic mass is 16.5. The Labute approximate surface area is 125 Å². The van der Waals surface area contributed by atoms with Crippen molar-refractivity contribution in [2.45, 2.75) is 47.1 Å². The Kier molecular flexibility index (Phi) is 9.83. The predicted molar refractivity (Wildman–Crippen MR) is 89.2 cm³/mol. The van der Waals surface area contributed by atoms with Gasteiger partial charge in [0.05, 0.1) is 0 Å². The van der Waals surface area contributed by atoms with E-state index in [1.807, 2.05) is 19.1 Å². The van der Waals surface area contributed by atoms with E-state index in [1.165, 1.54) is 5.56 Å². The highest BCUT2D eigenvalue weighted by Crippen LogP contribution is 2.16. The topological polar surface area (TPSA) is 35.2 Å². The molecule has 0 aromatic heterocycles. The molecule has 2 N–H and O–H groups in total. The van der Waals surface area contributed by atoms with Gasteiger partial charge in [-0.1, -0.05) is 52.5 Å². The summed E-state index contributed by atoms with van der Waals surface area (Å²) in [5.41, 5.74) is 6.77. The number of hydrogen-bond acceptors (Lipinski definition) is 2. The first-order chi connectivity index (χ1) is 9.36. The highest BCUT2D eigenvalue weighted by Gasteiger charge is 1.99. The van der Waals surface area contributed by atoms with Crippen LogP contribution in [-0.4, -0.2) is 12.6 Å². The lowest BCUT2D eigenvalue weighted by Gasteiger charge is -2.07. The van der Waals surface area contributed by atoms with Gasteiger partial charge >= 0.3 is 0 Å². The summed E-state index contributed by atoms with van der Waals surface area (Å²) >= 11 is 0. The first-order valence-electron chi connectivity index (χ1n) is 7.45. The largest absolute Gasteiger partial charge is 0.490 e. The summed E-state index contributed by atoms with van der Waals surface area (Å²) in [5, 5.41) is 0. The van der Waals surface area contributed by atoms with E-state index in [4.69, 9.17) is 10.5 Å². The van der Waals surface area contributed by atoms with Crippen LogP contribution in [0.5, 0.6) is 5.75 Å². The molecule has 0 aliphatic rings. The molecule has 0 saturated carbocycles. The fourth-order valence-electron chi connectivity index (χ4n) is 1.39. The molecule has 0 saturated heterocycles. The van der Waals surface area contributed by atoms with Gasteiger partial charge < -0.3 is 10.5 Å². The van der Waals surface area contributed by atoms with Gasteiger partial charge in [0.2, 0.25) is 0 Å². The van der Waals surface area contributed by atoms with Crippen LogP contribution in [-0.2, 0) is 6.42 Å². The number of hydrogen-bond donors (Lipinski definition) is 1. The van der Waals surface area contributed by atoms with Crippen LogP contribution in [0.3, 0.4) is 0 Å². The van der Waals surface area contributed by atoms with E-state index in [0.717, 1.165) is 12.2 Å². The van der Waals surface area contributed by atoms with Crippen molar-refractivity contribution in [3.63, 3.8) is 0 Å². The summed E-state index contributed by atoms with van der Waals surface area (Å²) in [7, 11) is 0. The van der Waals surface area contributed by atoms with Gasteiger partial charge in [-0.15, -0.1) is 0 Å². The zero-order chi connectivity index (χ0) is 15.5. The Hall–Kier alpha value is -1.28. The molecule has 0 heterocycles. The van der Waals surface area contributed by atoms with Gasteiger partial charge in [-0.05, 0) is 42.9 Å². The Balaban J connectivity index is 0.000000511. The van der Waals surface area contributed by atoms with Gasteiger partial charge in [-0.25, -0.2) is 0 Å². The maximum atomic E-state index is 5.46. The average molecular weight is 277 g/mol. The second-order valence-electron chi connectivity index (χ2n) is 5.95. The van der Waals surface area contributed by atoms with Crippen molar-refractivity contribution >= 4 is 0 Å². The van der Waals surface area contributed by atoms with Crippen LogP contribution in [0.4, 0.5) is 0 Å². The molecule has 0 radical (unpaired) electrons. The van der Waals surface area contributed by atoms with Gasteiger partial charge in [0.25, 0.3) is 0 Å². The molecule has 1 aromatic carbocycles. The molecule has 0 fully saturated rings. The molecule has 2 nitrogen and oxygen atoms in total. The molecule has 0 amide bonds. The summed E-state index contributed by atoms with van der Waals surface area (Å²) < 4.78 is 5.46. The lowest BCUT2D eigenvalue weighted by molar-refractivity contribution is 0.362. The minimum absolute atomic E-state index is 0.352.